The molecule has 1 atom stereocenters. The van der Waals surface area contributed by atoms with Crippen LogP contribution in [0.2, 0.25) is 0 Å². The SMILES string of the molecule is CCCN(CCC)C(=O)C(C)C1CNC1.Cl. The van der Waals surface area contributed by atoms with Gasteiger partial charge in [0.05, 0.1) is 0 Å². The summed E-state index contributed by atoms with van der Waals surface area (Å²) < 4.78 is 0. The first-order valence-electron chi connectivity index (χ1n) is 6.20. The van der Waals surface area contributed by atoms with E-state index in [2.05, 4.69) is 26.1 Å². The van der Waals surface area contributed by atoms with Gasteiger partial charge in [0.1, 0.15) is 0 Å². The Labute approximate surface area is 105 Å². The smallest absolute Gasteiger partial charge is 0.225 e. The molecule has 1 aliphatic heterocycles. The number of nitrogens with zero attached hydrogens (tertiary/aromatic N) is 1. The van der Waals surface area contributed by atoms with E-state index >= 15 is 0 Å². The van der Waals surface area contributed by atoms with E-state index in [-0.39, 0.29) is 18.3 Å². The van der Waals surface area contributed by atoms with Crippen LogP contribution in [0.1, 0.15) is 33.6 Å². The summed E-state index contributed by atoms with van der Waals surface area (Å²) in [6.45, 7) is 10.2. The third-order valence-electron chi connectivity index (χ3n) is 3.21. The topological polar surface area (TPSA) is 32.3 Å². The molecule has 0 radical (unpaired) electrons. The summed E-state index contributed by atoms with van der Waals surface area (Å²) in [4.78, 5) is 14.2. The molecule has 1 fully saturated rings. The average Bonchev–Trinajstić information content (AvgIpc) is 2.13. The summed E-state index contributed by atoms with van der Waals surface area (Å²) in [5, 5.41) is 3.23. The van der Waals surface area contributed by atoms with Gasteiger partial charge in [-0.05, 0) is 31.8 Å². The zero-order valence-corrected chi connectivity index (χ0v) is 11.5. The third kappa shape index (κ3) is 3.95. The van der Waals surface area contributed by atoms with E-state index in [1.165, 1.54) is 0 Å². The third-order valence-corrected chi connectivity index (χ3v) is 3.21. The molecule has 0 aromatic carbocycles. The Morgan fingerprint density at radius 1 is 1.31 bits per heavy atom. The maximum Gasteiger partial charge on any atom is 0.225 e. The number of hydrogen-bond acceptors (Lipinski definition) is 2. The normalized spacial score (nSPS) is 17.2. The van der Waals surface area contributed by atoms with Crippen LogP contribution < -0.4 is 5.32 Å². The first-order valence-corrected chi connectivity index (χ1v) is 6.20. The second kappa shape index (κ2) is 7.91. The summed E-state index contributed by atoms with van der Waals surface area (Å²) >= 11 is 0. The van der Waals surface area contributed by atoms with Crippen molar-refractivity contribution >= 4 is 18.3 Å². The minimum absolute atomic E-state index is 0. The molecule has 16 heavy (non-hydrogen) atoms. The van der Waals surface area contributed by atoms with Crippen LogP contribution >= 0.6 is 12.4 Å². The van der Waals surface area contributed by atoms with Gasteiger partial charge in [-0.15, -0.1) is 12.4 Å². The van der Waals surface area contributed by atoms with E-state index in [9.17, 15) is 4.79 Å². The van der Waals surface area contributed by atoms with Crippen LogP contribution in [0.25, 0.3) is 0 Å². The summed E-state index contributed by atoms with van der Waals surface area (Å²) in [7, 11) is 0. The average molecular weight is 249 g/mol. The Morgan fingerprint density at radius 2 is 1.81 bits per heavy atom. The number of rotatable bonds is 6. The number of carbonyl (C=O) groups excluding carboxylic acids is 1. The molecule has 0 aromatic rings. The standard InChI is InChI=1S/C12H24N2O.ClH/c1-4-6-14(7-5-2)12(15)10(3)11-8-13-9-11;/h10-11,13H,4-9H2,1-3H3;1H. The monoisotopic (exact) mass is 248 g/mol. The molecule has 4 heteroatoms. The Balaban J connectivity index is 0.00000225. The molecule has 1 amide bonds. The molecule has 1 N–H and O–H groups in total. The molecule has 1 aliphatic rings. The van der Waals surface area contributed by atoms with Gasteiger partial charge in [0, 0.05) is 19.0 Å². The quantitative estimate of drug-likeness (QED) is 0.779. The number of carbonyl (C=O) groups is 1. The zero-order valence-electron chi connectivity index (χ0n) is 10.7. The highest BCUT2D eigenvalue weighted by molar-refractivity contribution is 5.85. The van der Waals surface area contributed by atoms with Crippen LogP contribution in [0.4, 0.5) is 0 Å². The molecule has 1 heterocycles. The van der Waals surface area contributed by atoms with Gasteiger partial charge in [-0.2, -0.15) is 0 Å². The highest BCUT2D eigenvalue weighted by atomic mass is 35.5. The van der Waals surface area contributed by atoms with Crippen molar-refractivity contribution in [3.63, 3.8) is 0 Å². The highest BCUT2D eigenvalue weighted by Crippen LogP contribution is 2.18. The molecule has 0 aliphatic carbocycles. The lowest BCUT2D eigenvalue weighted by Gasteiger charge is -2.35. The van der Waals surface area contributed by atoms with E-state index in [1.54, 1.807) is 0 Å². The summed E-state index contributed by atoms with van der Waals surface area (Å²) in [5.74, 6) is 1.11. The lowest BCUT2D eigenvalue weighted by Crippen LogP contribution is -2.50. The van der Waals surface area contributed by atoms with Crippen molar-refractivity contribution in [3.05, 3.63) is 0 Å². The lowest BCUT2D eigenvalue weighted by atomic mass is 9.88. The highest BCUT2D eigenvalue weighted by Gasteiger charge is 2.30. The lowest BCUT2D eigenvalue weighted by molar-refractivity contribution is -0.137. The predicted octanol–water partition coefficient (Wildman–Crippen LogP) is 1.91. The molecule has 0 aromatic heterocycles. The molecule has 96 valence electrons. The van der Waals surface area contributed by atoms with E-state index in [4.69, 9.17) is 0 Å². The van der Waals surface area contributed by atoms with Crippen molar-refractivity contribution in [1.82, 2.24) is 10.2 Å². The largest absolute Gasteiger partial charge is 0.342 e. The van der Waals surface area contributed by atoms with Gasteiger partial charge >= 0.3 is 0 Å². The van der Waals surface area contributed by atoms with Gasteiger partial charge in [-0.3, -0.25) is 4.79 Å². The fraction of sp³-hybridized carbons (Fsp3) is 0.917. The molecule has 1 unspecified atom stereocenters. The minimum Gasteiger partial charge on any atom is -0.342 e. The molecule has 0 bridgehead atoms. The van der Waals surface area contributed by atoms with Crippen LogP contribution in [-0.4, -0.2) is 37.0 Å². The van der Waals surface area contributed by atoms with Crippen molar-refractivity contribution in [2.24, 2.45) is 11.8 Å². The summed E-state index contributed by atoms with van der Waals surface area (Å²) in [5.41, 5.74) is 0. The molecule has 1 saturated heterocycles. The van der Waals surface area contributed by atoms with Gasteiger partial charge in [-0.1, -0.05) is 20.8 Å². The van der Waals surface area contributed by atoms with Crippen molar-refractivity contribution in [2.75, 3.05) is 26.2 Å². The van der Waals surface area contributed by atoms with Gasteiger partial charge in [0.15, 0.2) is 0 Å². The molecular formula is C12H25ClN2O. The molecule has 1 rings (SSSR count). The van der Waals surface area contributed by atoms with Crippen molar-refractivity contribution < 1.29 is 4.79 Å². The van der Waals surface area contributed by atoms with Crippen LogP contribution in [0, 0.1) is 11.8 Å². The molecule has 0 spiro atoms. The fourth-order valence-corrected chi connectivity index (χ4v) is 2.03. The van der Waals surface area contributed by atoms with E-state index < -0.39 is 0 Å². The van der Waals surface area contributed by atoms with E-state index in [0.717, 1.165) is 39.0 Å². The summed E-state index contributed by atoms with van der Waals surface area (Å²) in [6, 6.07) is 0. The van der Waals surface area contributed by atoms with Crippen LogP contribution in [0.5, 0.6) is 0 Å². The number of halogens is 1. The van der Waals surface area contributed by atoms with Crippen LogP contribution in [0.3, 0.4) is 0 Å². The first-order chi connectivity index (χ1) is 7.20. The predicted molar refractivity (Wildman–Crippen MR) is 69.9 cm³/mol. The van der Waals surface area contributed by atoms with E-state index in [0.29, 0.717) is 11.8 Å². The first kappa shape index (κ1) is 15.7. The molecule has 0 saturated carbocycles. The maximum absolute atomic E-state index is 12.2. The Morgan fingerprint density at radius 3 is 2.12 bits per heavy atom. The number of hydrogen-bond donors (Lipinski definition) is 1. The van der Waals surface area contributed by atoms with Gasteiger partial charge in [-0.25, -0.2) is 0 Å². The van der Waals surface area contributed by atoms with Crippen molar-refractivity contribution in [3.8, 4) is 0 Å². The summed E-state index contributed by atoms with van der Waals surface area (Å²) in [6.07, 6.45) is 2.11. The second-order valence-corrected chi connectivity index (χ2v) is 4.53. The van der Waals surface area contributed by atoms with Gasteiger partial charge in [0.2, 0.25) is 5.91 Å². The molecule has 3 nitrogen and oxygen atoms in total. The minimum atomic E-state index is 0. The van der Waals surface area contributed by atoms with Gasteiger partial charge < -0.3 is 10.2 Å². The van der Waals surface area contributed by atoms with Crippen molar-refractivity contribution in [1.29, 1.82) is 0 Å². The van der Waals surface area contributed by atoms with Crippen molar-refractivity contribution in [2.45, 2.75) is 33.6 Å². The fourth-order valence-electron chi connectivity index (χ4n) is 2.03. The number of amides is 1. The van der Waals surface area contributed by atoms with Crippen LogP contribution in [-0.2, 0) is 4.79 Å². The number of nitrogens with one attached hydrogen (secondary N) is 1. The van der Waals surface area contributed by atoms with Gasteiger partial charge in [0.25, 0.3) is 0 Å². The zero-order chi connectivity index (χ0) is 11.3. The second-order valence-electron chi connectivity index (χ2n) is 4.53. The Kier molecular flexibility index (Phi) is 7.77. The van der Waals surface area contributed by atoms with Crippen LogP contribution in [0.15, 0.2) is 0 Å². The Hall–Kier alpha value is -0.280. The maximum atomic E-state index is 12.2. The Bertz CT molecular complexity index is 201. The molecular weight excluding hydrogens is 224 g/mol. The van der Waals surface area contributed by atoms with E-state index in [1.807, 2.05) is 4.90 Å².